The van der Waals surface area contributed by atoms with Gasteiger partial charge in [0, 0.05) is 67.0 Å². The number of nitrogens with two attached hydrogens (primary N) is 2. The zero-order valence-electron chi connectivity index (χ0n) is 32.8. The number of carbonyl (C=O) groups is 3. The molecule has 0 saturated carbocycles. The Labute approximate surface area is 344 Å². The molecule has 0 radical (unpaired) electrons. The number of halogens is 1. The lowest BCUT2D eigenvalue weighted by atomic mass is 9.90. The van der Waals surface area contributed by atoms with Crippen molar-refractivity contribution in [3.63, 3.8) is 0 Å². The van der Waals surface area contributed by atoms with Crippen LogP contribution < -0.4 is 21.7 Å². The standard InChI is InChI=1S/C23H22FN3.C20H22N8O5/c24-19-5-3-17(4-6-19)23-22(16-7-10-25-11-8-16)21(15-26-23)18-9-13-27-12-1-2-20(27)14-18;1-28(9-11-8-23-17-15(24-11)16(21)26-20(22)27-17)12-4-2-10(3-5-12)18(31)25-13(19(32)33)6-7-14(29)30/h3-8,10-11,14-15,20,26H,1-2,9,12-13H2;2-5,8,13H,6-7,9H2,1H3,(H,25,31)(H,29,30)(H,32,33)(H4,21,22,23,26,27)/t20-;13-/m00/s1. The highest BCUT2D eigenvalue weighted by Gasteiger charge is 2.29. The molecule has 16 nitrogen and oxygen atoms in total. The van der Waals surface area contributed by atoms with Gasteiger partial charge in [0.2, 0.25) is 5.95 Å². The minimum Gasteiger partial charge on any atom is -0.481 e. The summed E-state index contributed by atoms with van der Waals surface area (Å²) in [5.41, 5.74) is 20.7. The topological polar surface area (TPSA) is 242 Å². The van der Waals surface area contributed by atoms with Crippen molar-refractivity contribution >= 4 is 52.0 Å². The third-order valence-corrected chi connectivity index (χ3v) is 10.5. The van der Waals surface area contributed by atoms with Crippen LogP contribution in [0.25, 0.3) is 39.1 Å². The maximum absolute atomic E-state index is 13.4. The van der Waals surface area contributed by atoms with E-state index in [9.17, 15) is 23.9 Å². The summed E-state index contributed by atoms with van der Waals surface area (Å²) >= 11 is 0. The summed E-state index contributed by atoms with van der Waals surface area (Å²) < 4.78 is 13.4. The van der Waals surface area contributed by atoms with Crippen LogP contribution in [0, 0.1) is 5.82 Å². The Balaban J connectivity index is 0.000000184. The molecule has 4 aromatic heterocycles. The second-order valence-corrected chi connectivity index (χ2v) is 14.6. The van der Waals surface area contributed by atoms with E-state index in [0.29, 0.717) is 29.4 Å². The van der Waals surface area contributed by atoms with Gasteiger partial charge in [0.25, 0.3) is 5.91 Å². The Morgan fingerprint density at radius 2 is 1.73 bits per heavy atom. The molecule has 2 aliphatic rings. The summed E-state index contributed by atoms with van der Waals surface area (Å²) in [5, 5.41) is 20.2. The van der Waals surface area contributed by atoms with Gasteiger partial charge in [-0.3, -0.25) is 19.5 Å². The summed E-state index contributed by atoms with van der Waals surface area (Å²) in [7, 11) is 1.82. The maximum Gasteiger partial charge on any atom is 0.326 e. The fourth-order valence-electron chi connectivity index (χ4n) is 7.49. The molecule has 1 saturated heterocycles. The Morgan fingerprint density at radius 1 is 0.983 bits per heavy atom. The first-order valence-corrected chi connectivity index (χ1v) is 19.4. The van der Waals surface area contributed by atoms with Crippen LogP contribution >= 0.6 is 0 Å². The fourth-order valence-corrected chi connectivity index (χ4v) is 7.49. The van der Waals surface area contributed by atoms with E-state index in [2.05, 4.69) is 52.4 Å². The monoisotopic (exact) mass is 813 g/mol. The molecule has 6 heterocycles. The molecule has 6 aromatic rings. The number of aromatic amines is 1. The zero-order valence-corrected chi connectivity index (χ0v) is 32.8. The average Bonchev–Trinajstić information content (AvgIpc) is 3.91. The molecular weight excluding hydrogens is 770 g/mol. The first kappa shape index (κ1) is 40.9. The largest absolute Gasteiger partial charge is 0.481 e. The van der Waals surface area contributed by atoms with Crippen molar-refractivity contribution < 1.29 is 29.0 Å². The highest BCUT2D eigenvalue weighted by molar-refractivity contribution is 5.97. The molecule has 2 atom stereocenters. The number of aromatic nitrogens is 6. The van der Waals surface area contributed by atoms with Crippen LogP contribution in [0.4, 0.5) is 21.8 Å². The van der Waals surface area contributed by atoms with Gasteiger partial charge < -0.3 is 36.9 Å². The highest BCUT2D eigenvalue weighted by atomic mass is 19.1. The van der Waals surface area contributed by atoms with Crippen molar-refractivity contribution in [1.82, 2.24) is 40.1 Å². The fraction of sp³-hybridized carbons (Fsp3) is 0.256. The first-order valence-electron chi connectivity index (χ1n) is 19.4. The second-order valence-electron chi connectivity index (χ2n) is 14.6. The summed E-state index contributed by atoms with van der Waals surface area (Å²) in [4.78, 5) is 62.9. The molecule has 17 heteroatoms. The Kier molecular flexibility index (Phi) is 12.4. The average molecular weight is 814 g/mol. The van der Waals surface area contributed by atoms with Crippen molar-refractivity contribution in [2.75, 3.05) is 36.5 Å². The van der Waals surface area contributed by atoms with E-state index in [-0.39, 0.29) is 36.0 Å². The molecule has 2 aromatic carbocycles. The molecule has 60 heavy (non-hydrogen) atoms. The predicted octanol–water partition coefficient (Wildman–Crippen LogP) is 5.40. The second kappa shape index (κ2) is 18.1. The van der Waals surface area contributed by atoms with Crippen molar-refractivity contribution in [3.8, 4) is 22.4 Å². The van der Waals surface area contributed by atoms with Gasteiger partial charge in [0.1, 0.15) is 11.9 Å². The molecule has 8 rings (SSSR count). The van der Waals surface area contributed by atoms with Crippen LogP contribution in [-0.4, -0.2) is 95.1 Å². The number of nitrogen functional groups attached to an aromatic ring is 2. The summed E-state index contributed by atoms with van der Waals surface area (Å²) in [6.07, 6.45) is 12.8. The minimum atomic E-state index is -1.30. The lowest BCUT2D eigenvalue weighted by molar-refractivity contribution is -0.140. The number of nitrogens with zero attached hydrogens (tertiary/aromatic N) is 7. The highest BCUT2D eigenvalue weighted by Crippen LogP contribution is 2.41. The van der Waals surface area contributed by atoms with Crippen molar-refractivity contribution in [2.45, 2.75) is 50.7 Å². The van der Waals surface area contributed by atoms with Gasteiger partial charge in [-0.15, -0.1) is 0 Å². The van der Waals surface area contributed by atoms with Crippen LogP contribution in [0.2, 0.25) is 0 Å². The van der Waals surface area contributed by atoms with Crippen molar-refractivity contribution in [1.29, 1.82) is 0 Å². The van der Waals surface area contributed by atoms with Crippen LogP contribution in [0.5, 0.6) is 0 Å². The van der Waals surface area contributed by atoms with Gasteiger partial charge in [-0.25, -0.2) is 19.2 Å². The molecule has 1 amide bonds. The lowest BCUT2D eigenvalue weighted by Gasteiger charge is -2.28. The SMILES string of the molecule is CN(Cc1cnc2nc(N)nc(N)c2n1)c1ccc(C(=O)N[C@@H](CCC(=O)O)C(=O)O)cc1.Fc1ccc(-c2[nH]cc(C3=C[C@@H]4CCCN4CC3)c2-c2ccncc2)cc1. The number of rotatable bonds is 12. The van der Waals surface area contributed by atoms with Gasteiger partial charge >= 0.3 is 11.9 Å². The zero-order chi connectivity index (χ0) is 42.3. The quantitative estimate of drug-likeness (QED) is 0.0907. The number of H-pyrrole nitrogens is 1. The number of hydrogen-bond donors (Lipinski definition) is 6. The van der Waals surface area contributed by atoms with Gasteiger partial charge in [-0.05, 0) is 110 Å². The van der Waals surface area contributed by atoms with E-state index >= 15 is 0 Å². The molecule has 0 aliphatic carbocycles. The van der Waals surface area contributed by atoms with E-state index in [1.807, 2.05) is 48.6 Å². The third-order valence-electron chi connectivity index (χ3n) is 10.5. The molecular formula is C43H44FN11O5. The van der Waals surface area contributed by atoms with Gasteiger partial charge in [-0.2, -0.15) is 9.97 Å². The van der Waals surface area contributed by atoms with Crippen LogP contribution in [0.15, 0.2) is 91.5 Å². The van der Waals surface area contributed by atoms with Gasteiger partial charge in [0.05, 0.1) is 24.1 Å². The normalized spacial score (nSPS) is 15.3. The molecule has 2 aliphatic heterocycles. The van der Waals surface area contributed by atoms with Crippen molar-refractivity contribution in [2.24, 2.45) is 0 Å². The van der Waals surface area contributed by atoms with Crippen molar-refractivity contribution in [3.05, 3.63) is 114 Å². The lowest BCUT2D eigenvalue weighted by Crippen LogP contribution is -2.41. The molecule has 308 valence electrons. The number of aliphatic carboxylic acids is 2. The molecule has 0 unspecified atom stereocenters. The molecule has 0 bridgehead atoms. The number of pyridine rings is 1. The smallest absolute Gasteiger partial charge is 0.326 e. The number of nitrogens with one attached hydrogen (secondary N) is 2. The number of benzene rings is 2. The third kappa shape index (κ3) is 9.53. The number of hydrogen-bond acceptors (Lipinski definition) is 12. The number of anilines is 3. The summed E-state index contributed by atoms with van der Waals surface area (Å²) in [5.74, 6) is -3.12. The number of carboxylic acid groups (broad SMARTS) is 2. The summed E-state index contributed by atoms with van der Waals surface area (Å²) in [6.45, 7) is 2.72. The summed E-state index contributed by atoms with van der Waals surface area (Å²) in [6, 6.07) is 16.5. The van der Waals surface area contributed by atoms with Crippen LogP contribution in [0.3, 0.4) is 0 Å². The minimum absolute atomic E-state index is 0.0138. The first-order chi connectivity index (χ1) is 28.9. The predicted molar refractivity (Wildman–Crippen MR) is 225 cm³/mol. The van der Waals surface area contributed by atoms with Crippen LogP contribution in [-0.2, 0) is 16.1 Å². The molecule has 8 N–H and O–H groups in total. The van der Waals surface area contributed by atoms with E-state index in [4.69, 9.17) is 16.6 Å². The Hall–Kier alpha value is -7.27. The molecule has 1 fully saturated rings. The Bertz CT molecular complexity index is 2530. The number of fused-ring (bicyclic) bond motifs is 2. The number of amides is 1. The number of carboxylic acids is 2. The van der Waals surface area contributed by atoms with Gasteiger partial charge in [0.15, 0.2) is 17.0 Å². The van der Waals surface area contributed by atoms with E-state index in [1.54, 1.807) is 18.3 Å². The van der Waals surface area contributed by atoms with E-state index < -0.39 is 23.9 Å². The molecule has 0 spiro atoms. The number of carbonyl (C=O) groups excluding carboxylic acids is 1. The van der Waals surface area contributed by atoms with E-state index in [1.165, 1.54) is 60.4 Å². The maximum atomic E-state index is 13.4. The Morgan fingerprint density at radius 3 is 2.45 bits per heavy atom. The van der Waals surface area contributed by atoms with Gasteiger partial charge in [-0.1, -0.05) is 6.08 Å². The van der Waals surface area contributed by atoms with Crippen LogP contribution in [0.1, 0.15) is 53.7 Å². The van der Waals surface area contributed by atoms with E-state index in [0.717, 1.165) is 35.5 Å².